The lowest BCUT2D eigenvalue weighted by Gasteiger charge is -2.20. The van der Waals surface area contributed by atoms with E-state index in [9.17, 15) is 12.8 Å². The van der Waals surface area contributed by atoms with Crippen molar-refractivity contribution in [1.82, 2.24) is 4.72 Å². The lowest BCUT2D eigenvalue weighted by atomic mass is 10.1. The van der Waals surface area contributed by atoms with Crippen LogP contribution in [0.5, 0.6) is 0 Å². The van der Waals surface area contributed by atoms with Gasteiger partial charge in [-0.1, -0.05) is 0 Å². The Morgan fingerprint density at radius 2 is 2.04 bits per heavy atom. The highest BCUT2D eigenvalue weighted by molar-refractivity contribution is 7.91. The fourth-order valence-corrected chi connectivity index (χ4v) is 4.83. The maximum absolute atomic E-state index is 13.0. The van der Waals surface area contributed by atoms with Gasteiger partial charge in [0.2, 0.25) is 10.0 Å². The molecule has 5 nitrogen and oxygen atoms in total. The van der Waals surface area contributed by atoms with Crippen LogP contribution in [-0.2, 0) is 14.8 Å². The lowest BCUT2D eigenvalue weighted by Crippen LogP contribution is -2.41. The highest BCUT2D eigenvalue weighted by Gasteiger charge is 2.54. The molecule has 1 N–H and O–H groups in total. The van der Waals surface area contributed by atoms with Crippen molar-refractivity contribution < 1.29 is 17.5 Å². The van der Waals surface area contributed by atoms with E-state index < -0.39 is 14.8 Å². The minimum absolute atomic E-state index is 0.245. The van der Waals surface area contributed by atoms with Gasteiger partial charge in [-0.3, -0.25) is 0 Å². The quantitative estimate of drug-likeness (QED) is 0.820. The Hall–Kier alpha value is -1.18. The van der Waals surface area contributed by atoms with E-state index in [-0.39, 0.29) is 18.3 Å². The van der Waals surface area contributed by atoms with Gasteiger partial charge >= 0.3 is 0 Å². The van der Waals surface area contributed by atoms with Gasteiger partial charge in [-0.05, 0) is 49.4 Å². The molecule has 1 atom stereocenters. The number of rotatable bonds is 7. The van der Waals surface area contributed by atoms with E-state index in [0.29, 0.717) is 19.4 Å². The molecule has 0 aromatic heterocycles. The van der Waals surface area contributed by atoms with E-state index in [1.807, 2.05) is 0 Å². The number of benzene rings is 1. The van der Waals surface area contributed by atoms with Crippen LogP contribution < -0.4 is 9.62 Å². The van der Waals surface area contributed by atoms with Crippen LogP contribution in [0.15, 0.2) is 24.3 Å². The Labute approximate surface area is 136 Å². The van der Waals surface area contributed by atoms with E-state index in [4.69, 9.17) is 4.74 Å². The predicted molar refractivity (Wildman–Crippen MR) is 87.5 cm³/mol. The molecule has 7 heteroatoms. The number of nitrogens with zero attached hydrogens (tertiary/aromatic N) is 1. The predicted octanol–water partition coefficient (Wildman–Crippen LogP) is 1.75. The number of methoxy groups -OCH3 is 1. The van der Waals surface area contributed by atoms with Gasteiger partial charge in [0.05, 0.1) is 6.61 Å². The number of anilines is 1. The average molecular weight is 342 g/mol. The van der Waals surface area contributed by atoms with Crippen molar-refractivity contribution in [3.05, 3.63) is 30.1 Å². The SMILES string of the molecule is COCC1(S(=O)(=O)NCC2CCN(c3ccc(F)cc3)C2)CC1. The van der Waals surface area contributed by atoms with Gasteiger partial charge in [0.25, 0.3) is 0 Å². The largest absolute Gasteiger partial charge is 0.383 e. The van der Waals surface area contributed by atoms with E-state index >= 15 is 0 Å². The minimum atomic E-state index is -3.33. The van der Waals surface area contributed by atoms with E-state index in [1.54, 1.807) is 12.1 Å². The van der Waals surface area contributed by atoms with Crippen molar-refractivity contribution >= 4 is 15.7 Å². The summed E-state index contributed by atoms with van der Waals surface area (Å²) in [5, 5.41) is 0. The molecule has 1 aromatic carbocycles. The van der Waals surface area contributed by atoms with Gasteiger partial charge in [-0.25, -0.2) is 17.5 Å². The highest BCUT2D eigenvalue weighted by atomic mass is 32.2. The molecule has 1 aromatic rings. The number of hydrogen-bond donors (Lipinski definition) is 1. The van der Waals surface area contributed by atoms with Crippen LogP contribution in [-0.4, -0.2) is 46.5 Å². The normalized spacial score (nSPS) is 23.2. The zero-order chi connectivity index (χ0) is 16.5. The summed E-state index contributed by atoms with van der Waals surface area (Å²) in [6.07, 6.45) is 2.27. The van der Waals surface area contributed by atoms with Crippen molar-refractivity contribution in [1.29, 1.82) is 0 Å². The summed E-state index contributed by atoms with van der Waals surface area (Å²) >= 11 is 0. The smallest absolute Gasteiger partial charge is 0.219 e. The number of hydrogen-bond acceptors (Lipinski definition) is 4. The summed E-state index contributed by atoms with van der Waals surface area (Å²) in [7, 11) is -1.79. The Morgan fingerprint density at radius 3 is 2.65 bits per heavy atom. The summed E-state index contributed by atoms with van der Waals surface area (Å²) in [6.45, 7) is 2.35. The third kappa shape index (κ3) is 3.51. The Morgan fingerprint density at radius 1 is 1.35 bits per heavy atom. The first-order chi connectivity index (χ1) is 11.0. The van der Waals surface area contributed by atoms with Crippen molar-refractivity contribution in [2.75, 3.05) is 38.3 Å². The monoisotopic (exact) mass is 342 g/mol. The first-order valence-corrected chi connectivity index (χ1v) is 9.43. The molecule has 1 saturated carbocycles. The number of nitrogens with one attached hydrogen (secondary N) is 1. The zero-order valence-corrected chi connectivity index (χ0v) is 14.1. The zero-order valence-electron chi connectivity index (χ0n) is 13.3. The molecule has 1 aliphatic carbocycles. The summed E-state index contributed by atoms with van der Waals surface area (Å²) in [5.74, 6) is 0.0262. The molecule has 0 spiro atoms. The van der Waals surface area contributed by atoms with E-state index in [2.05, 4.69) is 9.62 Å². The third-order valence-corrected chi connectivity index (χ3v) is 7.04. The lowest BCUT2D eigenvalue weighted by molar-refractivity contribution is 0.191. The summed E-state index contributed by atoms with van der Waals surface area (Å²) < 4.78 is 44.9. The van der Waals surface area contributed by atoms with Crippen LogP contribution in [0.1, 0.15) is 19.3 Å². The minimum Gasteiger partial charge on any atom is -0.383 e. The Balaban J connectivity index is 1.53. The van der Waals surface area contributed by atoms with Crippen molar-refractivity contribution in [2.24, 2.45) is 5.92 Å². The summed E-state index contributed by atoms with van der Waals surface area (Å²) in [5.41, 5.74) is 0.981. The molecular formula is C16H23FN2O3S. The van der Waals surface area contributed by atoms with Gasteiger partial charge in [0.15, 0.2) is 0 Å². The molecule has 2 fully saturated rings. The molecule has 128 valence electrons. The Bertz CT molecular complexity index is 644. The van der Waals surface area contributed by atoms with Crippen molar-refractivity contribution in [2.45, 2.75) is 24.0 Å². The van der Waals surface area contributed by atoms with Crippen molar-refractivity contribution in [3.8, 4) is 0 Å². The first-order valence-electron chi connectivity index (χ1n) is 7.94. The molecule has 23 heavy (non-hydrogen) atoms. The molecule has 2 aliphatic rings. The molecule has 1 saturated heterocycles. The van der Waals surface area contributed by atoms with Crippen LogP contribution in [0.4, 0.5) is 10.1 Å². The Kier molecular flexibility index (Phi) is 4.62. The fourth-order valence-electron chi connectivity index (χ4n) is 3.16. The molecule has 1 aliphatic heterocycles. The molecule has 0 amide bonds. The van der Waals surface area contributed by atoms with Crippen molar-refractivity contribution in [3.63, 3.8) is 0 Å². The molecular weight excluding hydrogens is 319 g/mol. The van der Waals surface area contributed by atoms with Crippen LogP contribution >= 0.6 is 0 Å². The van der Waals surface area contributed by atoms with Gasteiger partial charge in [0.1, 0.15) is 10.6 Å². The fraction of sp³-hybridized carbons (Fsp3) is 0.625. The topological polar surface area (TPSA) is 58.6 Å². The highest BCUT2D eigenvalue weighted by Crippen LogP contribution is 2.43. The van der Waals surface area contributed by atoms with E-state index in [1.165, 1.54) is 19.2 Å². The second-order valence-corrected chi connectivity index (χ2v) is 8.71. The molecule has 1 unspecified atom stereocenters. The molecule has 0 radical (unpaired) electrons. The van der Waals surface area contributed by atoms with Crippen LogP contribution in [0.3, 0.4) is 0 Å². The molecule has 1 heterocycles. The van der Waals surface area contributed by atoms with E-state index in [0.717, 1.165) is 25.2 Å². The maximum Gasteiger partial charge on any atom is 0.219 e. The number of sulfonamides is 1. The molecule has 3 rings (SSSR count). The van der Waals surface area contributed by atoms with Crippen LogP contribution in [0.2, 0.25) is 0 Å². The third-order valence-electron chi connectivity index (χ3n) is 4.82. The van der Waals surface area contributed by atoms with Gasteiger partial charge in [0, 0.05) is 32.4 Å². The maximum atomic E-state index is 13.0. The van der Waals surface area contributed by atoms with Gasteiger partial charge in [-0.2, -0.15) is 0 Å². The average Bonchev–Trinajstić information content (AvgIpc) is 3.17. The van der Waals surface area contributed by atoms with Crippen LogP contribution in [0.25, 0.3) is 0 Å². The standard InChI is InChI=1S/C16H23FN2O3S/c1-22-12-16(7-8-16)23(20,21)18-10-13-6-9-19(11-13)15-4-2-14(17)3-5-15/h2-5,13,18H,6-12H2,1H3. The van der Waals surface area contributed by atoms with Gasteiger partial charge in [-0.15, -0.1) is 0 Å². The number of ether oxygens (including phenoxy) is 1. The summed E-state index contributed by atoms with van der Waals surface area (Å²) in [6, 6.07) is 6.43. The molecule has 0 bridgehead atoms. The summed E-state index contributed by atoms with van der Waals surface area (Å²) in [4.78, 5) is 2.17. The first kappa shape index (κ1) is 16.7. The second kappa shape index (κ2) is 6.37. The second-order valence-electron chi connectivity index (χ2n) is 6.55. The number of halogens is 1. The van der Waals surface area contributed by atoms with Crippen LogP contribution in [0, 0.1) is 11.7 Å². The van der Waals surface area contributed by atoms with Gasteiger partial charge < -0.3 is 9.64 Å².